The molecule has 0 radical (unpaired) electrons. The number of hydrogen-bond donors (Lipinski definition) is 2. The van der Waals surface area contributed by atoms with E-state index < -0.39 is 0 Å². The van der Waals surface area contributed by atoms with Gasteiger partial charge in [-0.2, -0.15) is 0 Å². The molecular formula is C18H24N2O2S. The lowest BCUT2D eigenvalue weighted by molar-refractivity contribution is -0.122. The van der Waals surface area contributed by atoms with Gasteiger partial charge in [0.05, 0.1) is 21.8 Å². The number of nitrogens with zero attached hydrogens (tertiary/aromatic N) is 1. The number of para-hydroxylation sites is 1. The second-order valence-corrected chi connectivity index (χ2v) is 7.87. The van der Waals surface area contributed by atoms with Gasteiger partial charge in [0, 0.05) is 17.9 Å². The van der Waals surface area contributed by atoms with Gasteiger partial charge in [0.15, 0.2) is 0 Å². The van der Waals surface area contributed by atoms with Crippen LogP contribution >= 0.6 is 11.3 Å². The SMILES string of the molecule is CC1(CO)CCCC1NC(=O)CCCc1nc2ccccc2s1. The molecule has 2 N–H and O–H groups in total. The van der Waals surface area contributed by atoms with Crippen LogP contribution in [0.1, 0.15) is 44.0 Å². The summed E-state index contributed by atoms with van der Waals surface area (Å²) < 4.78 is 1.21. The van der Waals surface area contributed by atoms with Crippen LogP contribution in [0.5, 0.6) is 0 Å². The van der Waals surface area contributed by atoms with E-state index in [2.05, 4.69) is 23.3 Å². The second-order valence-electron chi connectivity index (χ2n) is 6.75. The summed E-state index contributed by atoms with van der Waals surface area (Å²) in [6.07, 6.45) is 5.21. The van der Waals surface area contributed by atoms with Crippen LogP contribution in [-0.4, -0.2) is 28.6 Å². The van der Waals surface area contributed by atoms with E-state index in [0.29, 0.717) is 6.42 Å². The number of aliphatic hydroxyl groups excluding tert-OH is 1. The average Bonchev–Trinajstić information content (AvgIpc) is 3.11. The molecule has 0 aliphatic heterocycles. The molecular weight excluding hydrogens is 308 g/mol. The number of aryl methyl sites for hydroxylation is 1. The van der Waals surface area contributed by atoms with Gasteiger partial charge in [-0.25, -0.2) is 4.98 Å². The van der Waals surface area contributed by atoms with Gasteiger partial charge in [-0.15, -0.1) is 11.3 Å². The maximum atomic E-state index is 12.2. The maximum Gasteiger partial charge on any atom is 0.220 e. The number of carbonyl (C=O) groups is 1. The van der Waals surface area contributed by atoms with Gasteiger partial charge in [-0.1, -0.05) is 25.5 Å². The number of aromatic nitrogens is 1. The Hall–Kier alpha value is -1.46. The van der Waals surface area contributed by atoms with Gasteiger partial charge in [-0.05, 0) is 37.8 Å². The summed E-state index contributed by atoms with van der Waals surface area (Å²) in [4.78, 5) is 16.8. The highest BCUT2D eigenvalue weighted by molar-refractivity contribution is 7.18. The van der Waals surface area contributed by atoms with Crippen molar-refractivity contribution >= 4 is 27.5 Å². The Kier molecular flexibility index (Phi) is 4.97. The summed E-state index contributed by atoms with van der Waals surface area (Å²) in [6, 6.07) is 8.25. The first kappa shape index (κ1) is 16.4. The van der Waals surface area contributed by atoms with E-state index in [1.54, 1.807) is 11.3 Å². The molecule has 0 spiro atoms. The molecule has 5 heteroatoms. The number of fused-ring (bicyclic) bond motifs is 1. The normalized spacial score (nSPS) is 24.2. The van der Waals surface area contributed by atoms with Crippen molar-refractivity contribution in [2.45, 2.75) is 51.5 Å². The molecule has 2 aromatic rings. The lowest BCUT2D eigenvalue weighted by atomic mass is 9.85. The molecule has 1 amide bonds. The van der Waals surface area contributed by atoms with Crippen molar-refractivity contribution in [2.75, 3.05) is 6.61 Å². The molecule has 0 saturated heterocycles. The molecule has 2 atom stereocenters. The predicted molar refractivity (Wildman–Crippen MR) is 93.5 cm³/mol. The monoisotopic (exact) mass is 332 g/mol. The highest BCUT2D eigenvalue weighted by Gasteiger charge is 2.38. The average molecular weight is 332 g/mol. The van der Waals surface area contributed by atoms with Crippen molar-refractivity contribution in [2.24, 2.45) is 5.41 Å². The number of aliphatic hydroxyl groups is 1. The molecule has 1 fully saturated rings. The quantitative estimate of drug-likeness (QED) is 0.853. The van der Waals surface area contributed by atoms with Crippen LogP contribution in [0.3, 0.4) is 0 Å². The number of carbonyl (C=O) groups excluding carboxylic acids is 1. The molecule has 0 bridgehead atoms. The number of rotatable bonds is 6. The van der Waals surface area contributed by atoms with Crippen LogP contribution < -0.4 is 5.32 Å². The van der Waals surface area contributed by atoms with Crippen molar-refractivity contribution in [3.05, 3.63) is 29.3 Å². The molecule has 124 valence electrons. The first-order valence-electron chi connectivity index (χ1n) is 8.35. The zero-order valence-electron chi connectivity index (χ0n) is 13.5. The highest BCUT2D eigenvalue weighted by atomic mass is 32.1. The Morgan fingerprint density at radius 3 is 3.09 bits per heavy atom. The van der Waals surface area contributed by atoms with Gasteiger partial charge in [-0.3, -0.25) is 4.79 Å². The molecule has 3 rings (SSSR count). The first-order valence-corrected chi connectivity index (χ1v) is 9.17. The lowest BCUT2D eigenvalue weighted by Crippen LogP contribution is -2.44. The smallest absolute Gasteiger partial charge is 0.220 e. The van der Waals surface area contributed by atoms with E-state index in [-0.39, 0.29) is 24.0 Å². The fraction of sp³-hybridized carbons (Fsp3) is 0.556. The molecule has 1 aliphatic carbocycles. The molecule has 4 nitrogen and oxygen atoms in total. The Morgan fingerprint density at radius 1 is 1.48 bits per heavy atom. The second kappa shape index (κ2) is 6.97. The minimum Gasteiger partial charge on any atom is -0.396 e. The fourth-order valence-corrected chi connectivity index (χ4v) is 4.37. The van der Waals surface area contributed by atoms with Crippen molar-refractivity contribution in [3.8, 4) is 0 Å². The van der Waals surface area contributed by atoms with Crippen LogP contribution in [0.25, 0.3) is 10.2 Å². The van der Waals surface area contributed by atoms with E-state index in [9.17, 15) is 9.90 Å². The molecule has 1 aliphatic rings. The third kappa shape index (κ3) is 3.72. The van der Waals surface area contributed by atoms with Crippen molar-refractivity contribution in [1.82, 2.24) is 10.3 Å². The van der Waals surface area contributed by atoms with E-state index in [1.807, 2.05) is 18.2 Å². The van der Waals surface area contributed by atoms with Gasteiger partial charge >= 0.3 is 0 Å². The van der Waals surface area contributed by atoms with E-state index in [4.69, 9.17) is 0 Å². The zero-order valence-corrected chi connectivity index (χ0v) is 14.4. The Labute approximate surface area is 140 Å². The Bertz CT molecular complexity index is 651. The van der Waals surface area contributed by atoms with Crippen LogP contribution in [0, 0.1) is 5.41 Å². The van der Waals surface area contributed by atoms with Crippen LogP contribution in [0.15, 0.2) is 24.3 Å². The number of amides is 1. The highest BCUT2D eigenvalue weighted by Crippen LogP contribution is 2.37. The number of benzene rings is 1. The van der Waals surface area contributed by atoms with Gasteiger partial charge in [0.2, 0.25) is 5.91 Å². The minimum absolute atomic E-state index is 0.0951. The topological polar surface area (TPSA) is 62.2 Å². The minimum atomic E-state index is -0.150. The van der Waals surface area contributed by atoms with E-state index in [1.165, 1.54) is 4.70 Å². The van der Waals surface area contributed by atoms with Crippen molar-refractivity contribution in [3.63, 3.8) is 0 Å². The van der Waals surface area contributed by atoms with E-state index in [0.717, 1.165) is 42.6 Å². The number of nitrogens with one attached hydrogen (secondary N) is 1. The van der Waals surface area contributed by atoms with Gasteiger partial charge < -0.3 is 10.4 Å². The van der Waals surface area contributed by atoms with Crippen LogP contribution in [0.2, 0.25) is 0 Å². The van der Waals surface area contributed by atoms with Crippen LogP contribution in [0.4, 0.5) is 0 Å². The van der Waals surface area contributed by atoms with Crippen molar-refractivity contribution in [1.29, 1.82) is 0 Å². The third-order valence-corrected chi connectivity index (χ3v) is 6.01. The summed E-state index contributed by atoms with van der Waals surface area (Å²) in [5.74, 6) is 0.0951. The predicted octanol–water partition coefficient (Wildman–Crippen LogP) is 3.29. The molecule has 1 aromatic carbocycles. The molecule has 1 saturated carbocycles. The third-order valence-electron chi connectivity index (χ3n) is 4.91. The summed E-state index contributed by atoms with van der Waals surface area (Å²) in [6.45, 7) is 2.20. The summed E-state index contributed by atoms with van der Waals surface area (Å²) in [5.41, 5.74) is 0.893. The zero-order chi connectivity index (χ0) is 16.3. The summed E-state index contributed by atoms with van der Waals surface area (Å²) in [7, 11) is 0. The summed E-state index contributed by atoms with van der Waals surface area (Å²) >= 11 is 1.71. The standard InChI is InChI=1S/C18H24N2O2S/c1-18(12-21)11-5-8-15(18)20-16(22)9-4-10-17-19-13-6-2-3-7-14(13)23-17/h2-3,6-7,15,21H,4-5,8-12H2,1H3,(H,20,22). The lowest BCUT2D eigenvalue weighted by Gasteiger charge is -2.30. The number of hydrogen-bond acceptors (Lipinski definition) is 4. The van der Waals surface area contributed by atoms with E-state index >= 15 is 0 Å². The largest absolute Gasteiger partial charge is 0.396 e. The number of thiazole rings is 1. The van der Waals surface area contributed by atoms with Crippen LogP contribution in [-0.2, 0) is 11.2 Å². The van der Waals surface area contributed by atoms with Gasteiger partial charge in [0.25, 0.3) is 0 Å². The first-order chi connectivity index (χ1) is 11.1. The fourth-order valence-electron chi connectivity index (χ4n) is 3.36. The van der Waals surface area contributed by atoms with Gasteiger partial charge in [0.1, 0.15) is 0 Å². The molecule has 1 heterocycles. The molecule has 1 aromatic heterocycles. The van der Waals surface area contributed by atoms with Crippen molar-refractivity contribution < 1.29 is 9.90 Å². The molecule has 2 unspecified atom stereocenters. The maximum absolute atomic E-state index is 12.2. The Balaban J connectivity index is 1.47. The molecule has 23 heavy (non-hydrogen) atoms. The Morgan fingerprint density at radius 2 is 2.30 bits per heavy atom. The summed E-state index contributed by atoms with van der Waals surface area (Å²) in [5, 5.41) is 13.8.